The van der Waals surface area contributed by atoms with E-state index in [1.807, 2.05) is 31.2 Å². The van der Waals surface area contributed by atoms with Crippen LogP contribution in [0, 0.1) is 11.8 Å². The number of ether oxygens (including phenoxy) is 1. The molecule has 2 saturated heterocycles. The third-order valence-corrected chi connectivity index (χ3v) is 4.92. The van der Waals surface area contributed by atoms with Gasteiger partial charge in [-0.15, -0.1) is 0 Å². The SMILES string of the molecule is CCOc1ccccc1N1CC(C(=O)NCC2CCCNC2)CC1=O. The maximum atomic E-state index is 12.5. The van der Waals surface area contributed by atoms with Crippen LogP contribution in [0.5, 0.6) is 5.75 Å². The van der Waals surface area contributed by atoms with Gasteiger partial charge in [0.25, 0.3) is 0 Å². The number of hydrogen-bond acceptors (Lipinski definition) is 4. The summed E-state index contributed by atoms with van der Waals surface area (Å²) in [6, 6.07) is 7.50. The zero-order valence-corrected chi connectivity index (χ0v) is 14.8. The minimum Gasteiger partial charge on any atom is -0.492 e. The molecule has 6 nitrogen and oxygen atoms in total. The molecule has 1 aromatic carbocycles. The fourth-order valence-electron chi connectivity index (χ4n) is 3.56. The summed E-state index contributed by atoms with van der Waals surface area (Å²) in [5.41, 5.74) is 0.751. The van der Waals surface area contributed by atoms with Gasteiger partial charge in [0, 0.05) is 19.5 Å². The maximum absolute atomic E-state index is 12.5. The second kappa shape index (κ2) is 8.34. The Kier molecular flexibility index (Phi) is 5.91. The van der Waals surface area contributed by atoms with Crippen LogP contribution in [0.4, 0.5) is 5.69 Å². The summed E-state index contributed by atoms with van der Waals surface area (Å²) in [6.45, 7) is 5.58. The standard InChI is InChI=1S/C19H27N3O3/c1-2-25-17-8-4-3-7-16(17)22-13-15(10-18(22)23)19(24)21-12-14-6-5-9-20-11-14/h3-4,7-8,14-15,20H,2,5-6,9-13H2,1H3,(H,21,24). The molecule has 25 heavy (non-hydrogen) atoms. The minimum atomic E-state index is -0.293. The monoisotopic (exact) mass is 345 g/mol. The Hall–Kier alpha value is -2.08. The molecule has 2 unspecified atom stereocenters. The molecule has 2 aliphatic heterocycles. The Morgan fingerprint density at radius 2 is 2.24 bits per heavy atom. The molecule has 2 heterocycles. The number of nitrogens with one attached hydrogen (secondary N) is 2. The summed E-state index contributed by atoms with van der Waals surface area (Å²) in [5.74, 6) is 0.845. The number of carbonyl (C=O) groups is 2. The molecule has 1 aromatic rings. The van der Waals surface area contributed by atoms with Gasteiger partial charge in [-0.2, -0.15) is 0 Å². The van der Waals surface area contributed by atoms with Crippen LogP contribution in [0.2, 0.25) is 0 Å². The third-order valence-electron chi connectivity index (χ3n) is 4.92. The Morgan fingerprint density at radius 3 is 3.00 bits per heavy atom. The zero-order chi connectivity index (χ0) is 17.6. The van der Waals surface area contributed by atoms with Crippen molar-refractivity contribution in [2.45, 2.75) is 26.2 Å². The first kappa shape index (κ1) is 17.7. The summed E-state index contributed by atoms with van der Waals surface area (Å²) in [7, 11) is 0. The third kappa shape index (κ3) is 4.31. The van der Waals surface area contributed by atoms with Gasteiger partial charge in [-0.25, -0.2) is 0 Å². The molecule has 0 saturated carbocycles. The van der Waals surface area contributed by atoms with Crippen molar-refractivity contribution in [2.24, 2.45) is 11.8 Å². The highest BCUT2D eigenvalue weighted by Crippen LogP contribution is 2.33. The summed E-state index contributed by atoms with van der Waals surface area (Å²) in [4.78, 5) is 26.6. The summed E-state index contributed by atoms with van der Waals surface area (Å²) >= 11 is 0. The van der Waals surface area contributed by atoms with Crippen LogP contribution in [0.1, 0.15) is 26.2 Å². The lowest BCUT2D eigenvalue weighted by Gasteiger charge is -2.23. The van der Waals surface area contributed by atoms with E-state index in [1.54, 1.807) is 4.90 Å². The van der Waals surface area contributed by atoms with E-state index in [-0.39, 0.29) is 24.2 Å². The molecule has 136 valence electrons. The normalized spacial score (nSPS) is 23.6. The average Bonchev–Trinajstić information content (AvgIpc) is 3.03. The van der Waals surface area contributed by atoms with Gasteiger partial charge in [0.15, 0.2) is 0 Å². The van der Waals surface area contributed by atoms with Gasteiger partial charge in [0.05, 0.1) is 18.2 Å². The van der Waals surface area contributed by atoms with Crippen molar-refractivity contribution in [3.8, 4) is 5.75 Å². The minimum absolute atomic E-state index is 0.0182. The van der Waals surface area contributed by atoms with E-state index in [4.69, 9.17) is 4.74 Å². The largest absolute Gasteiger partial charge is 0.492 e. The molecule has 0 spiro atoms. The molecule has 0 aliphatic carbocycles. The Bertz CT molecular complexity index is 614. The average molecular weight is 345 g/mol. The first-order chi connectivity index (χ1) is 12.2. The van der Waals surface area contributed by atoms with Gasteiger partial charge in [-0.1, -0.05) is 12.1 Å². The van der Waals surface area contributed by atoms with Crippen LogP contribution in [0.15, 0.2) is 24.3 Å². The van der Waals surface area contributed by atoms with Gasteiger partial charge in [-0.05, 0) is 50.9 Å². The smallest absolute Gasteiger partial charge is 0.227 e. The van der Waals surface area contributed by atoms with E-state index >= 15 is 0 Å². The number of amides is 2. The molecule has 3 rings (SSSR count). The number of nitrogens with zero attached hydrogens (tertiary/aromatic N) is 1. The lowest BCUT2D eigenvalue weighted by Crippen LogP contribution is -2.40. The number of piperidine rings is 1. The Labute approximate surface area is 148 Å². The van der Waals surface area contributed by atoms with Crippen molar-refractivity contribution >= 4 is 17.5 Å². The number of rotatable bonds is 6. The molecule has 2 N–H and O–H groups in total. The highest BCUT2D eigenvalue weighted by atomic mass is 16.5. The van der Waals surface area contributed by atoms with Crippen LogP contribution < -0.4 is 20.3 Å². The van der Waals surface area contributed by atoms with Crippen LogP contribution >= 0.6 is 0 Å². The first-order valence-electron chi connectivity index (χ1n) is 9.19. The van der Waals surface area contributed by atoms with Crippen LogP contribution in [0.3, 0.4) is 0 Å². The van der Waals surface area contributed by atoms with Crippen LogP contribution in [-0.2, 0) is 9.59 Å². The maximum Gasteiger partial charge on any atom is 0.227 e. The van der Waals surface area contributed by atoms with Gasteiger partial charge in [-0.3, -0.25) is 9.59 Å². The Balaban J connectivity index is 1.59. The van der Waals surface area contributed by atoms with Crippen LogP contribution in [-0.4, -0.2) is 44.6 Å². The molecule has 0 radical (unpaired) electrons. The van der Waals surface area contributed by atoms with E-state index in [0.717, 1.165) is 31.6 Å². The fourth-order valence-corrected chi connectivity index (χ4v) is 3.56. The van der Waals surface area contributed by atoms with Crippen LogP contribution in [0.25, 0.3) is 0 Å². The molecule has 2 atom stereocenters. The van der Waals surface area contributed by atoms with E-state index in [9.17, 15) is 9.59 Å². The number of benzene rings is 1. The van der Waals surface area contributed by atoms with Crippen molar-refractivity contribution in [1.29, 1.82) is 0 Å². The topological polar surface area (TPSA) is 70.7 Å². The quantitative estimate of drug-likeness (QED) is 0.821. The molecule has 6 heteroatoms. The number of hydrogen-bond donors (Lipinski definition) is 2. The lowest BCUT2D eigenvalue weighted by atomic mass is 9.99. The van der Waals surface area contributed by atoms with E-state index in [2.05, 4.69) is 10.6 Å². The second-order valence-electron chi connectivity index (χ2n) is 6.76. The Morgan fingerprint density at radius 1 is 1.40 bits per heavy atom. The van der Waals surface area contributed by atoms with Gasteiger partial charge < -0.3 is 20.3 Å². The van der Waals surface area contributed by atoms with Gasteiger partial charge in [0.2, 0.25) is 11.8 Å². The number of anilines is 1. The molecule has 2 aliphatic rings. The molecule has 0 aromatic heterocycles. The molecule has 2 amide bonds. The highest BCUT2D eigenvalue weighted by Gasteiger charge is 2.36. The van der Waals surface area contributed by atoms with Crippen molar-refractivity contribution in [2.75, 3.05) is 37.7 Å². The zero-order valence-electron chi connectivity index (χ0n) is 14.8. The van der Waals surface area contributed by atoms with Crippen molar-refractivity contribution in [1.82, 2.24) is 10.6 Å². The number of carbonyl (C=O) groups excluding carboxylic acids is 2. The summed E-state index contributed by atoms with van der Waals surface area (Å²) in [5, 5.41) is 6.39. The summed E-state index contributed by atoms with van der Waals surface area (Å²) in [6.07, 6.45) is 2.56. The van der Waals surface area contributed by atoms with Gasteiger partial charge >= 0.3 is 0 Å². The van der Waals surface area contributed by atoms with E-state index in [0.29, 0.717) is 31.4 Å². The predicted octanol–water partition coefficient (Wildman–Crippen LogP) is 1.55. The molecular formula is C19H27N3O3. The van der Waals surface area contributed by atoms with Crippen molar-refractivity contribution in [3.63, 3.8) is 0 Å². The number of para-hydroxylation sites is 2. The predicted molar refractivity (Wildman–Crippen MR) is 96.7 cm³/mol. The second-order valence-corrected chi connectivity index (χ2v) is 6.76. The van der Waals surface area contributed by atoms with Crippen molar-refractivity contribution in [3.05, 3.63) is 24.3 Å². The highest BCUT2D eigenvalue weighted by molar-refractivity contribution is 6.01. The van der Waals surface area contributed by atoms with Gasteiger partial charge in [0.1, 0.15) is 5.75 Å². The molecule has 2 fully saturated rings. The van der Waals surface area contributed by atoms with E-state index in [1.165, 1.54) is 0 Å². The van der Waals surface area contributed by atoms with E-state index < -0.39 is 0 Å². The molecule has 0 bridgehead atoms. The first-order valence-corrected chi connectivity index (χ1v) is 9.19. The fraction of sp³-hybridized carbons (Fsp3) is 0.579. The summed E-state index contributed by atoms with van der Waals surface area (Å²) < 4.78 is 5.62. The molecular weight excluding hydrogens is 318 g/mol. The lowest BCUT2D eigenvalue weighted by molar-refractivity contribution is -0.126. The van der Waals surface area contributed by atoms with Crippen molar-refractivity contribution < 1.29 is 14.3 Å².